The zero-order valence-corrected chi connectivity index (χ0v) is 10.3. The molecule has 0 saturated carbocycles. The number of rotatable bonds is 2. The summed E-state index contributed by atoms with van der Waals surface area (Å²) < 4.78 is 1.80. The molecule has 5 heteroatoms. The smallest absolute Gasteiger partial charge is 0.172 e. The molecule has 2 rings (SSSR count). The number of alkyl halides is 1. The second-order valence-corrected chi connectivity index (χ2v) is 3.97. The standard InChI is InChI=1S/C11H13ClN4/c1-7-8(2)15-16(9(7)3)11-6-13-10(4-12)5-14-11/h5-6H,4H2,1-3H3. The van der Waals surface area contributed by atoms with Crippen molar-refractivity contribution in [2.75, 3.05) is 0 Å². The van der Waals surface area contributed by atoms with Gasteiger partial charge in [0, 0.05) is 5.69 Å². The predicted molar refractivity (Wildman–Crippen MR) is 62.9 cm³/mol. The molecule has 0 N–H and O–H groups in total. The summed E-state index contributed by atoms with van der Waals surface area (Å²) in [4.78, 5) is 8.49. The molecule has 4 nitrogen and oxygen atoms in total. The molecule has 84 valence electrons. The zero-order valence-electron chi connectivity index (χ0n) is 9.53. The Kier molecular flexibility index (Phi) is 2.92. The maximum absolute atomic E-state index is 5.66. The Morgan fingerprint density at radius 1 is 1.19 bits per heavy atom. The Labute approximate surface area is 99.3 Å². The maximum atomic E-state index is 5.66. The molecular formula is C11H13ClN4. The third-order valence-corrected chi connectivity index (χ3v) is 2.97. The van der Waals surface area contributed by atoms with Crippen molar-refractivity contribution in [2.45, 2.75) is 26.7 Å². The molecule has 0 unspecified atom stereocenters. The molecule has 0 fully saturated rings. The van der Waals surface area contributed by atoms with Crippen LogP contribution in [0.3, 0.4) is 0 Å². The molecule has 16 heavy (non-hydrogen) atoms. The highest BCUT2D eigenvalue weighted by Gasteiger charge is 2.09. The van der Waals surface area contributed by atoms with Crippen LogP contribution in [-0.4, -0.2) is 19.7 Å². The van der Waals surface area contributed by atoms with Gasteiger partial charge in [-0.3, -0.25) is 4.98 Å². The fraction of sp³-hybridized carbons (Fsp3) is 0.364. The van der Waals surface area contributed by atoms with Crippen molar-refractivity contribution >= 4 is 11.6 Å². The Hall–Kier alpha value is -1.42. The van der Waals surface area contributed by atoms with E-state index < -0.39 is 0 Å². The molecule has 0 saturated heterocycles. The number of hydrogen-bond acceptors (Lipinski definition) is 3. The highest BCUT2D eigenvalue weighted by molar-refractivity contribution is 6.16. The third-order valence-electron chi connectivity index (χ3n) is 2.70. The average molecular weight is 237 g/mol. The zero-order chi connectivity index (χ0) is 11.7. The van der Waals surface area contributed by atoms with Crippen LogP contribution in [0.2, 0.25) is 0 Å². The molecule has 0 spiro atoms. The molecule has 2 heterocycles. The highest BCUT2D eigenvalue weighted by atomic mass is 35.5. The van der Waals surface area contributed by atoms with Crippen molar-refractivity contribution < 1.29 is 0 Å². The number of aryl methyl sites for hydroxylation is 1. The minimum absolute atomic E-state index is 0.378. The van der Waals surface area contributed by atoms with Gasteiger partial charge in [0.05, 0.1) is 29.7 Å². The second-order valence-electron chi connectivity index (χ2n) is 3.71. The largest absolute Gasteiger partial charge is 0.254 e. The normalized spacial score (nSPS) is 10.8. The van der Waals surface area contributed by atoms with Crippen LogP contribution >= 0.6 is 11.6 Å². The van der Waals surface area contributed by atoms with E-state index in [1.165, 1.54) is 5.56 Å². The van der Waals surface area contributed by atoms with Gasteiger partial charge >= 0.3 is 0 Å². The van der Waals surface area contributed by atoms with E-state index in [9.17, 15) is 0 Å². The molecule has 0 radical (unpaired) electrons. The maximum Gasteiger partial charge on any atom is 0.172 e. The van der Waals surface area contributed by atoms with Gasteiger partial charge < -0.3 is 0 Å². The number of hydrogen-bond donors (Lipinski definition) is 0. The van der Waals surface area contributed by atoms with Crippen LogP contribution in [0.25, 0.3) is 5.82 Å². The van der Waals surface area contributed by atoms with Gasteiger partial charge in [-0.15, -0.1) is 11.6 Å². The van der Waals surface area contributed by atoms with Crippen LogP contribution in [0.4, 0.5) is 0 Å². The number of halogens is 1. The van der Waals surface area contributed by atoms with Crippen LogP contribution in [0, 0.1) is 20.8 Å². The van der Waals surface area contributed by atoms with Gasteiger partial charge in [0.25, 0.3) is 0 Å². The van der Waals surface area contributed by atoms with E-state index in [1.54, 1.807) is 17.1 Å². The van der Waals surface area contributed by atoms with Crippen molar-refractivity contribution in [3.05, 3.63) is 35.0 Å². The summed E-state index contributed by atoms with van der Waals surface area (Å²) in [7, 11) is 0. The lowest BCUT2D eigenvalue weighted by atomic mass is 10.2. The lowest BCUT2D eigenvalue weighted by Crippen LogP contribution is -2.03. The number of aromatic nitrogens is 4. The van der Waals surface area contributed by atoms with Crippen molar-refractivity contribution in [2.24, 2.45) is 0 Å². The Morgan fingerprint density at radius 2 is 1.94 bits per heavy atom. The molecule has 0 aliphatic rings. The van der Waals surface area contributed by atoms with Gasteiger partial charge in [0.15, 0.2) is 5.82 Å². The van der Waals surface area contributed by atoms with Crippen molar-refractivity contribution in [3.63, 3.8) is 0 Å². The van der Waals surface area contributed by atoms with E-state index in [0.29, 0.717) is 5.88 Å². The van der Waals surface area contributed by atoms with Gasteiger partial charge in [0.1, 0.15) is 0 Å². The van der Waals surface area contributed by atoms with E-state index >= 15 is 0 Å². The quantitative estimate of drug-likeness (QED) is 0.752. The Morgan fingerprint density at radius 3 is 2.38 bits per heavy atom. The summed E-state index contributed by atoms with van der Waals surface area (Å²) in [5, 5.41) is 4.42. The fourth-order valence-electron chi connectivity index (χ4n) is 1.47. The first kappa shape index (κ1) is 11.1. The summed E-state index contributed by atoms with van der Waals surface area (Å²) in [6.07, 6.45) is 3.37. The molecule has 2 aromatic rings. The van der Waals surface area contributed by atoms with Gasteiger partial charge in [-0.05, 0) is 26.3 Å². The summed E-state index contributed by atoms with van der Waals surface area (Å²) in [5.74, 6) is 1.10. The Bertz CT molecular complexity index is 501. The van der Waals surface area contributed by atoms with Crippen molar-refractivity contribution in [3.8, 4) is 5.82 Å². The first-order valence-electron chi connectivity index (χ1n) is 5.03. The van der Waals surface area contributed by atoms with Gasteiger partial charge in [-0.1, -0.05) is 0 Å². The molecule has 0 aromatic carbocycles. The van der Waals surface area contributed by atoms with Crippen LogP contribution < -0.4 is 0 Å². The minimum atomic E-state index is 0.378. The Balaban J connectivity index is 2.46. The van der Waals surface area contributed by atoms with Crippen molar-refractivity contribution in [1.29, 1.82) is 0 Å². The molecule has 0 amide bonds. The summed E-state index contributed by atoms with van der Waals surface area (Å²) in [6, 6.07) is 0. The first-order chi connectivity index (χ1) is 7.63. The van der Waals surface area contributed by atoms with Gasteiger partial charge in [0.2, 0.25) is 0 Å². The van der Waals surface area contributed by atoms with Crippen LogP contribution in [-0.2, 0) is 5.88 Å². The van der Waals surface area contributed by atoms with Crippen LogP contribution in [0.5, 0.6) is 0 Å². The molecule has 0 aliphatic heterocycles. The van der Waals surface area contributed by atoms with Crippen molar-refractivity contribution in [1.82, 2.24) is 19.7 Å². The fourth-order valence-corrected chi connectivity index (χ4v) is 1.61. The average Bonchev–Trinajstić information content (AvgIpc) is 2.57. The van der Waals surface area contributed by atoms with E-state index in [1.807, 2.05) is 13.8 Å². The molecule has 0 bridgehead atoms. The van der Waals surface area contributed by atoms with Gasteiger partial charge in [-0.25, -0.2) is 9.67 Å². The topological polar surface area (TPSA) is 43.6 Å². The van der Waals surface area contributed by atoms with E-state index in [-0.39, 0.29) is 0 Å². The SMILES string of the molecule is Cc1nn(-c2cnc(CCl)cn2)c(C)c1C. The predicted octanol–water partition coefficient (Wildman–Crippen LogP) is 2.33. The lowest BCUT2D eigenvalue weighted by molar-refractivity contribution is 0.795. The second kappa shape index (κ2) is 4.22. The lowest BCUT2D eigenvalue weighted by Gasteiger charge is -2.03. The summed E-state index contributed by atoms with van der Waals surface area (Å²) >= 11 is 5.66. The van der Waals surface area contributed by atoms with E-state index in [4.69, 9.17) is 11.6 Å². The van der Waals surface area contributed by atoms with Gasteiger partial charge in [-0.2, -0.15) is 5.10 Å². The third kappa shape index (κ3) is 1.80. The molecule has 0 atom stereocenters. The molecule has 0 aliphatic carbocycles. The van der Waals surface area contributed by atoms with Crippen LogP contribution in [0.1, 0.15) is 22.6 Å². The highest BCUT2D eigenvalue weighted by Crippen LogP contribution is 2.14. The number of nitrogens with zero attached hydrogens (tertiary/aromatic N) is 4. The van der Waals surface area contributed by atoms with Crippen LogP contribution in [0.15, 0.2) is 12.4 Å². The summed E-state index contributed by atoms with van der Waals surface area (Å²) in [6.45, 7) is 6.06. The van der Waals surface area contributed by atoms with E-state index in [0.717, 1.165) is 22.9 Å². The van der Waals surface area contributed by atoms with E-state index in [2.05, 4.69) is 22.0 Å². The molecule has 2 aromatic heterocycles. The monoisotopic (exact) mass is 236 g/mol. The first-order valence-corrected chi connectivity index (χ1v) is 5.57. The minimum Gasteiger partial charge on any atom is -0.254 e. The molecular weight excluding hydrogens is 224 g/mol. The summed E-state index contributed by atoms with van der Waals surface area (Å²) in [5.41, 5.74) is 4.05.